The van der Waals surface area contributed by atoms with Gasteiger partial charge in [-0.05, 0) is 31.5 Å². The predicted molar refractivity (Wildman–Crippen MR) is 101 cm³/mol. The minimum atomic E-state index is -0.0915. The molecule has 134 valence electrons. The SMILES string of the molecule is Cc1cc(Cl)c2oc(C(=O)N3CCN(c4cnccn4)CC3)c(C)c2c1. The lowest BCUT2D eigenvalue weighted by Crippen LogP contribution is -2.49. The molecular weight excluding hydrogens is 352 g/mol. The molecule has 1 amide bonds. The summed E-state index contributed by atoms with van der Waals surface area (Å²) in [6.45, 7) is 6.53. The summed E-state index contributed by atoms with van der Waals surface area (Å²) in [5.74, 6) is 1.12. The molecule has 1 aliphatic rings. The standard InChI is InChI=1S/C19H19ClN4O2/c1-12-9-14-13(2)17(26-18(14)15(20)10-12)19(25)24-7-5-23(6-8-24)16-11-21-3-4-22-16/h3-4,9-11H,5-8H2,1-2H3. The molecule has 0 aliphatic carbocycles. The minimum Gasteiger partial charge on any atom is -0.449 e. The second-order valence-electron chi connectivity index (χ2n) is 6.52. The first kappa shape index (κ1) is 16.8. The zero-order valence-corrected chi connectivity index (χ0v) is 15.5. The molecule has 2 aromatic heterocycles. The lowest BCUT2D eigenvalue weighted by atomic mass is 10.1. The lowest BCUT2D eigenvalue weighted by molar-refractivity contribution is 0.0716. The van der Waals surface area contributed by atoms with Crippen LogP contribution in [0.25, 0.3) is 11.0 Å². The molecule has 6 nitrogen and oxygen atoms in total. The number of hydrogen-bond acceptors (Lipinski definition) is 5. The van der Waals surface area contributed by atoms with Gasteiger partial charge < -0.3 is 14.2 Å². The van der Waals surface area contributed by atoms with E-state index in [9.17, 15) is 4.79 Å². The summed E-state index contributed by atoms with van der Waals surface area (Å²) in [5, 5.41) is 1.44. The maximum absolute atomic E-state index is 13.0. The lowest BCUT2D eigenvalue weighted by Gasteiger charge is -2.34. The average Bonchev–Trinajstić information content (AvgIpc) is 2.99. The topological polar surface area (TPSA) is 62.5 Å². The number of anilines is 1. The molecule has 3 heterocycles. The molecule has 0 bridgehead atoms. The number of fused-ring (bicyclic) bond motifs is 1. The van der Waals surface area contributed by atoms with Crippen molar-refractivity contribution in [3.63, 3.8) is 0 Å². The van der Waals surface area contributed by atoms with Gasteiger partial charge in [-0.15, -0.1) is 0 Å². The van der Waals surface area contributed by atoms with Gasteiger partial charge in [-0.25, -0.2) is 4.98 Å². The highest BCUT2D eigenvalue weighted by Gasteiger charge is 2.27. The van der Waals surface area contributed by atoms with E-state index in [2.05, 4.69) is 14.9 Å². The van der Waals surface area contributed by atoms with E-state index in [1.807, 2.05) is 30.9 Å². The highest BCUT2D eigenvalue weighted by Crippen LogP contribution is 2.32. The van der Waals surface area contributed by atoms with Crippen molar-refractivity contribution >= 4 is 34.3 Å². The van der Waals surface area contributed by atoms with Gasteiger partial charge in [0, 0.05) is 49.5 Å². The maximum atomic E-state index is 13.0. The zero-order chi connectivity index (χ0) is 18.3. The molecule has 4 rings (SSSR count). The first-order chi connectivity index (χ1) is 12.5. The number of aryl methyl sites for hydroxylation is 2. The molecule has 26 heavy (non-hydrogen) atoms. The first-order valence-electron chi connectivity index (χ1n) is 8.54. The molecule has 3 aromatic rings. The first-order valence-corrected chi connectivity index (χ1v) is 8.92. The quantitative estimate of drug-likeness (QED) is 0.691. The summed E-state index contributed by atoms with van der Waals surface area (Å²) in [5.41, 5.74) is 2.46. The molecule has 0 spiro atoms. The Morgan fingerprint density at radius 3 is 2.62 bits per heavy atom. The molecular formula is C19H19ClN4O2. The van der Waals surface area contributed by atoms with Gasteiger partial charge in [0.25, 0.3) is 5.91 Å². The van der Waals surface area contributed by atoms with Gasteiger partial charge in [0.1, 0.15) is 5.82 Å². The van der Waals surface area contributed by atoms with Crippen LogP contribution in [0.4, 0.5) is 5.82 Å². The second-order valence-corrected chi connectivity index (χ2v) is 6.93. The number of furan rings is 1. The zero-order valence-electron chi connectivity index (χ0n) is 14.7. The molecule has 0 atom stereocenters. The van der Waals surface area contributed by atoms with Crippen LogP contribution in [0.2, 0.25) is 5.02 Å². The van der Waals surface area contributed by atoms with Gasteiger partial charge in [-0.1, -0.05) is 11.6 Å². The Labute approximate surface area is 156 Å². The number of rotatable bonds is 2. The Morgan fingerprint density at radius 1 is 1.15 bits per heavy atom. The number of piperazine rings is 1. The van der Waals surface area contributed by atoms with E-state index < -0.39 is 0 Å². The van der Waals surface area contributed by atoms with Gasteiger partial charge in [0.15, 0.2) is 11.3 Å². The van der Waals surface area contributed by atoms with Crippen LogP contribution in [0.15, 0.2) is 35.1 Å². The van der Waals surface area contributed by atoms with Crippen LogP contribution < -0.4 is 4.90 Å². The number of hydrogen-bond donors (Lipinski definition) is 0. The van der Waals surface area contributed by atoms with Crippen molar-refractivity contribution in [2.75, 3.05) is 31.1 Å². The monoisotopic (exact) mass is 370 g/mol. The van der Waals surface area contributed by atoms with E-state index in [1.54, 1.807) is 18.6 Å². The maximum Gasteiger partial charge on any atom is 0.290 e. The van der Waals surface area contributed by atoms with Crippen LogP contribution in [0, 0.1) is 13.8 Å². The Bertz CT molecular complexity index is 963. The number of benzene rings is 1. The summed E-state index contributed by atoms with van der Waals surface area (Å²) < 4.78 is 5.85. The Morgan fingerprint density at radius 2 is 1.92 bits per heavy atom. The van der Waals surface area contributed by atoms with E-state index in [0.29, 0.717) is 42.5 Å². The smallest absolute Gasteiger partial charge is 0.290 e. The molecule has 0 radical (unpaired) electrons. The third-order valence-electron chi connectivity index (χ3n) is 4.77. The molecule has 0 unspecified atom stereocenters. The van der Waals surface area contributed by atoms with Crippen molar-refractivity contribution in [1.82, 2.24) is 14.9 Å². The summed E-state index contributed by atoms with van der Waals surface area (Å²) in [6, 6.07) is 3.85. The molecule has 1 saturated heterocycles. The average molecular weight is 371 g/mol. The van der Waals surface area contributed by atoms with E-state index in [0.717, 1.165) is 22.3 Å². The molecule has 0 N–H and O–H groups in total. The fourth-order valence-corrected chi connectivity index (χ4v) is 3.67. The molecule has 1 aliphatic heterocycles. The predicted octanol–water partition coefficient (Wildman–Crippen LogP) is 3.46. The highest BCUT2D eigenvalue weighted by molar-refractivity contribution is 6.35. The second kappa shape index (κ2) is 6.61. The van der Waals surface area contributed by atoms with E-state index >= 15 is 0 Å². The van der Waals surface area contributed by atoms with Gasteiger partial charge in [-0.3, -0.25) is 9.78 Å². The normalized spacial score (nSPS) is 14.9. The number of amides is 1. The van der Waals surface area contributed by atoms with Crippen molar-refractivity contribution in [3.8, 4) is 0 Å². The van der Waals surface area contributed by atoms with Gasteiger partial charge in [-0.2, -0.15) is 0 Å². The Balaban J connectivity index is 1.55. The third kappa shape index (κ3) is 2.90. The largest absolute Gasteiger partial charge is 0.449 e. The minimum absolute atomic E-state index is 0.0915. The van der Waals surface area contributed by atoms with Crippen molar-refractivity contribution in [1.29, 1.82) is 0 Å². The van der Waals surface area contributed by atoms with Gasteiger partial charge >= 0.3 is 0 Å². The van der Waals surface area contributed by atoms with Crippen LogP contribution >= 0.6 is 11.6 Å². The molecule has 0 saturated carbocycles. The van der Waals surface area contributed by atoms with Gasteiger partial charge in [0.05, 0.1) is 11.2 Å². The number of nitrogens with zero attached hydrogens (tertiary/aromatic N) is 4. The number of halogens is 1. The summed E-state index contributed by atoms with van der Waals surface area (Å²) >= 11 is 6.29. The summed E-state index contributed by atoms with van der Waals surface area (Å²) in [4.78, 5) is 25.3. The molecule has 1 aromatic carbocycles. The molecule has 7 heteroatoms. The van der Waals surface area contributed by atoms with Crippen LogP contribution in [-0.2, 0) is 0 Å². The van der Waals surface area contributed by atoms with Gasteiger partial charge in [0.2, 0.25) is 0 Å². The van der Waals surface area contributed by atoms with Crippen LogP contribution in [0.3, 0.4) is 0 Å². The van der Waals surface area contributed by atoms with Crippen LogP contribution in [0.1, 0.15) is 21.7 Å². The van der Waals surface area contributed by atoms with Crippen molar-refractivity contribution in [2.24, 2.45) is 0 Å². The highest BCUT2D eigenvalue weighted by atomic mass is 35.5. The number of carbonyl (C=O) groups excluding carboxylic acids is 1. The van der Waals surface area contributed by atoms with Crippen LogP contribution in [0.5, 0.6) is 0 Å². The van der Waals surface area contributed by atoms with Crippen molar-refractivity contribution < 1.29 is 9.21 Å². The number of aromatic nitrogens is 2. The number of carbonyl (C=O) groups is 1. The fourth-order valence-electron chi connectivity index (χ4n) is 3.35. The van der Waals surface area contributed by atoms with Crippen molar-refractivity contribution in [2.45, 2.75) is 13.8 Å². The fraction of sp³-hybridized carbons (Fsp3) is 0.316. The Hall–Kier alpha value is -2.60. The Kier molecular flexibility index (Phi) is 4.28. The van der Waals surface area contributed by atoms with Crippen LogP contribution in [-0.4, -0.2) is 47.0 Å². The molecule has 1 fully saturated rings. The summed E-state index contributed by atoms with van der Waals surface area (Å²) in [7, 11) is 0. The van der Waals surface area contributed by atoms with E-state index in [4.69, 9.17) is 16.0 Å². The van der Waals surface area contributed by atoms with Crippen molar-refractivity contribution in [3.05, 3.63) is 52.6 Å². The summed E-state index contributed by atoms with van der Waals surface area (Å²) in [6.07, 6.45) is 5.07. The third-order valence-corrected chi connectivity index (χ3v) is 5.05. The van der Waals surface area contributed by atoms with E-state index in [-0.39, 0.29) is 5.91 Å². The van der Waals surface area contributed by atoms with E-state index in [1.165, 1.54) is 0 Å².